The number of ether oxygens (including phenoxy) is 2. The maximum atomic E-state index is 12.8. The van der Waals surface area contributed by atoms with Crippen LogP contribution < -0.4 is 10.1 Å². The third kappa shape index (κ3) is 6.07. The SMILES string of the molecule is CCOC(=O)N1CCN(S(=O)(=O)c2ccc(O[C@@H](C)C(=O)NC(C)C)cc2)CC1. The standard InChI is InChI=1S/C19H29N3O6S/c1-5-27-19(24)21-10-12-22(13-11-21)29(25,26)17-8-6-16(7-9-17)28-15(4)18(23)20-14(2)3/h6-9,14-15H,5,10-13H2,1-4H3,(H,20,23)/t15-/m0/s1. The Kier molecular flexibility index (Phi) is 7.86. The summed E-state index contributed by atoms with van der Waals surface area (Å²) in [6, 6.07) is 5.97. The van der Waals surface area contributed by atoms with E-state index in [1.807, 2.05) is 13.8 Å². The lowest BCUT2D eigenvalue weighted by molar-refractivity contribution is -0.127. The summed E-state index contributed by atoms with van der Waals surface area (Å²) in [4.78, 5) is 25.3. The second-order valence-electron chi connectivity index (χ2n) is 6.98. The minimum atomic E-state index is -3.68. The normalized spacial score (nSPS) is 16.4. The zero-order valence-corrected chi connectivity index (χ0v) is 18.1. The Labute approximate surface area is 172 Å². The molecule has 9 nitrogen and oxygen atoms in total. The van der Waals surface area contributed by atoms with Crippen LogP contribution in [0.2, 0.25) is 0 Å². The van der Waals surface area contributed by atoms with Gasteiger partial charge in [0.25, 0.3) is 5.91 Å². The van der Waals surface area contributed by atoms with Crippen molar-refractivity contribution in [2.24, 2.45) is 0 Å². The van der Waals surface area contributed by atoms with Gasteiger partial charge in [0.2, 0.25) is 10.0 Å². The Balaban J connectivity index is 1.98. The van der Waals surface area contributed by atoms with E-state index in [0.29, 0.717) is 5.75 Å². The smallest absolute Gasteiger partial charge is 0.409 e. The minimum absolute atomic E-state index is 0.00497. The fourth-order valence-electron chi connectivity index (χ4n) is 2.82. The average molecular weight is 428 g/mol. The summed E-state index contributed by atoms with van der Waals surface area (Å²) in [6.07, 6.45) is -1.13. The van der Waals surface area contributed by atoms with Crippen LogP contribution >= 0.6 is 0 Å². The van der Waals surface area contributed by atoms with Crippen LogP contribution in [0.1, 0.15) is 27.7 Å². The van der Waals surface area contributed by atoms with Gasteiger partial charge in [-0.25, -0.2) is 13.2 Å². The van der Waals surface area contributed by atoms with E-state index in [4.69, 9.17) is 9.47 Å². The molecule has 1 aliphatic rings. The van der Waals surface area contributed by atoms with Gasteiger partial charge in [0.15, 0.2) is 6.10 Å². The number of rotatable bonds is 7. The lowest BCUT2D eigenvalue weighted by Crippen LogP contribution is -2.50. The third-order valence-electron chi connectivity index (χ3n) is 4.34. The number of nitrogens with zero attached hydrogens (tertiary/aromatic N) is 2. The molecule has 1 aliphatic heterocycles. The van der Waals surface area contributed by atoms with Gasteiger partial charge in [0.05, 0.1) is 11.5 Å². The number of hydrogen-bond acceptors (Lipinski definition) is 6. The first-order chi connectivity index (χ1) is 13.6. The number of piperazine rings is 1. The van der Waals surface area contributed by atoms with E-state index < -0.39 is 22.2 Å². The van der Waals surface area contributed by atoms with Crippen LogP contribution in [0.3, 0.4) is 0 Å². The van der Waals surface area contributed by atoms with Crippen LogP contribution in [-0.2, 0) is 19.6 Å². The van der Waals surface area contributed by atoms with Crippen LogP contribution in [0.4, 0.5) is 4.79 Å². The highest BCUT2D eigenvalue weighted by atomic mass is 32.2. The van der Waals surface area contributed by atoms with Crippen LogP contribution in [-0.4, -0.2) is 74.6 Å². The van der Waals surface area contributed by atoms with Gasteiger partial charge in [-0.15, -0.1) is 0 Å². The van der Waals surface area contributed by atoms with E-state index in [1.54, 1.807) is 13.8 Å². The molecule has 1 aromatic rings. The van der Waals surface area contributed by atoms with E-state index in [0.717, 1.165) is 0 Å². The summed E-state index contributed by atoms with van der Waals surface area (Å²) in [5.74, 6) is 0.165. The molecule has 2 rings (SSSR count). The molecular formula is C19H29N3O6S. The third-order valence-corrected chi connectivity index (χ3v) is 6.25. The van der Waals surface area contributed by atoms with Crippen LogP contribution in [0.5, 0.6) is 5.75 Å². The van der Waals surface area contributed by atoms with Crippen molar-refractivity contribution in [2.75, 3.05) is 32.8 Å². The van der Waals surface area contributed by atoms with E-state index >= 15 is 0 Å². The van der Waals surface area contributed by atoms with Gasteiger partial charge in [-0.1, -0.05) is 0 Å². The van der Waals surface area contributed by atoms with Crippen molar-refractivity contribution in [1.82, 2.24) is 14.5 Å². The first kappa shape index (κ1) is 23.0. The molecule has 0 spiro atoms. The molecule has 0 aromatic heterocycles. The molecule has 0 radical (unpaired) electrons. The fourth-order valence-corrected chi connectivity index (χ4v) is 4.25. The summed E-state index contributed by atoms with van der Waals surface area (Å²) < 4.78 is 37.5. The monoisotopic (exact) mass is 427 g/mol. The first-order valence-electron chi connectivity index (χ1n) is 9.64. The number of nitrogens with one attached hydrogen (secondary N) is 1. The number of sulfonamides is 1. The van der Waals surface area contributed by atoms with Crippen LogP contribution in [0, 0.1) is 0 Å². The van der Waals surface area contributed by atoms with E-state index in [-0.39, 0.29) is 49.6 Å². The largest absolute Gasteiger partial charge is 0.481 e. The van der Waals surface area contributed by atoms with Crippen molar-refractivity contribution < 1.29 is 27.5 Å². The maximum absolute atomic E-state index is 12.8. The van der Waals surface area contributed by atoms with E-state index in [1.165, 1.54) is 33.5 Å². The molecule has 0 saturated carbocycles. The summed E-state index contributed by atoms with van der Waals surface area (Å²) in [5, 5.41) is 2.76. The van der Waals surface area contributed by atoms with Crippen LogP contribution in [0.25, 0.3) is 0 Å². The van der Waals surface area contributed by atoms with Gasteiger partial charge in [-0.05, 0) is 52.0 Å². The van der Waals surface area contributed by atoms with E-state index in [9.17, 15) is 18.0 Å². The molecule has 1 fully saturated rings. The molecule has 1 saturated heterocycles. The number of amides is 2. The molecule has 1 heterocycles. The molecular weight excluding hydrogens is 398 g/mol. The number of benzene rings is 1. The minimum Gasteiger partial charge on any atom is -0.481 e. The Morgan fingerprint density at radius 1 is 1.07 bits per heavy atom. The van der Waals surface area contributed by atoms with Crippen molar-refractivity contribution in [3.05, 3.63) is 24.3 Å². The van der Waals surface area contributed by atoms with Gasteiger partial charge < -0.3 is 19.7 Å². The van der Waals surface area contributed by atoms with Crippen molar-refractivity contribution in [3.63, 3.8) is 0 Å². The second-order valence-corrected chi connectivity index (χ2v) is 8.92. The van der Waals surface area contributed by atoms with E-state index in [2.05, 4.69) is 5.32 Å². The molecule has 2 amide bonds. The van der Waals surface area contributed by atoms with Gasteiger partial charge in [0.1, 0.15) is 5.75 Å². The van der Waals surface area contributed by atoms with Crippen molar-refractivity contribution in [3.8, 4) is 5.75 Å². The van der Waals surface area contributed by atoms with Gasteiger partial charge in [-0.2, -0.15) is 4.31 Å². The molecule has 162 valence electrons. The van der Waals surface area contributed by atoms with Crippen molar-refractivity contribution in [1.29, 1.82) is 0 Å². The molecule has 0 aliphatic carbocycles. The van der Waals surface area contributed by atoms with Gasteiger partial charge >= 0.3 is 6.09 Å². The highest BCUT2D eigenvalue weighted by Crippen LogP contribution is 2.21. The zero-order chi connectivity index (χ0) is 21.6. The summed E-state index contributed by atoms with van der Waals surface area (Å²) in [6.45, 7) is 8.31. The summed E-state index contributed by atoms with van der Waals surface area (Å²) in [5.41, 5.74) is 0. The highest BCUT2D eigenvalue weighted by Gasteiger charge is 2.30. The molecule has 1 atom stereocenters. The molecule has 0 bridgehead atoms. The molecule has 1 aromatic carbocycles. The summed E-state index contributed by atoms with van der Waals surface area (Å²) >= 11 is 0. The van der Waals surface area contributed by atoms with Crippen molar-refractivity contribution >= 4 is 22.0 Å². The zero-order valence-electron chi connectivity index (χ0n) is 17.3. The number of carbonyl (C=O) groups is 2. The van der Waals surface area contributed by atoms with Crippen molar-refractivity contribution in [2.45, 2.75) is 44.7 Å². The predicted molar refractivity (Wildman–Crippen MR) is 107 cm³/mol. The van der Waals surface area contributed by atoms with Gasteiger partial charge in [0, 0.05) is 32.2 Å². The molecule has 0 unspecified atom stereocenters. The molecule has 1 N–H and O–H groups in total. The lowest BCUT2D eigenvalue weighted by Gasteiger charge is -2.33. The molecule has 29 heavy (non-hydrogen) atoms. The first-order valence-corrected chi connectivity index (χ1v) is 11.1. The summed E-state index contributed by atoms with van der Waals surface area (Å²) in [7, 11) is -3.68. The fraction of sp³-hybridized carbons (Fsp3) is 0.579. The van der Waals surface area contributed by atoms with Gasteiger partial charge in [-0.3, -0.25) is 4.79 Å². The lowest BCUT2D eigenvalue weighted by atomic mass is 10.3. The maximum Gasteiger partial charge on any atom is 0.409 e. The molecule has 10 heteroatoms. The number of carbonyl (C=O) groups excluding carboxylic acids is 2. The van der Waals surface area contributed by atoms with Crippen LogP contribution in [0.15, 0.2) is 29.2 Å². The topological polar surface area (TPSA) is 105 Å². The second kappa shape index (κ2) is 9.93. The quantitative estimate of drug-likeness (QED) is 0.706. The Hall–Kier alpha value is -2.33. The Morgan fingerprint density at radius 2 is 1.66 bits per heavy atom. The highest BCUT2D eigenvalue weighted by molar-refractivity contribution is 7.89. The average Bonchev–Trinajstić information content (AvgIpc) is 2.68. The Morgan fingerprint density at radius 3 is 2.17 bits per heavy atom. The number of hydrogen-bond donors (Lipinski definition) is 1. The predicted octanol–water partition coefficient (Wildman–Crippen LogP) is 1.44. The Bertz CT molecular complexity index is 802.